The summed E-state index contributed by atoms with van der Waals surface area (Å²) >= 11 is 0. The van der Waals surface area contributed by atoms with Gasteiger partial charge in [0.05, 0.1) is 12.1 Å². The minimum atomic E-state index is -0.725. The van der Waals surface area contributed by atoms with Gasteiger partial charge >= 0.3 is 0 Å². The first kappa shape index (κ1) is 14.4. The molecule has 122 valence electrons. The van der Waals surface area contributed by atoms with Crippen LogP contribution >= 0.6 is 0 Å². The van der Waals surface area contributed by atoms with Crippen molar-refractivity contribution in [3.8, 4) is 0 Å². The molecule has 1 amide bonds. The predicted octanol–water partition coefficient (Wildman–Crippen LogP) is 1.34. The molecular formula is C16H20FN5O. The van der Waals surface area contributed by atoms with Crippen LogP contribution in [0.2, 0.25) is 0 Å². The van der Waals surface area contributed by atoms with E-state index in [0.29, 0.717) is 5.70 Å². The number of allylic oxidation sites excluding steroid dienone is 3. The second-order valence-corrected chi connectivity index (χ2v) is 6.81. The fourth-order valence-electron chi connectivity index (χ4n) is 3.89. The van der Waals surface area contributed by atoms with Crippen molar-refractivity contribution in [1.82, 2.24) is 15.1 Å². The summed E-state index contributed by atoms with van der Waals surface area (Å²) in [4.78, 5) is 11.7. The number of halogens is 1. The van der Waals surface area contributed by atoms with Gasteiger partial charge in [0.1, 0.15) is 17.7 Å². The lowest BCUT2D eigenvalue weighted by atomic mass is 9.76. The summed E-state index contributed by atoms with van der Waals surface area (Å²) in [7, 11) is 0. The molecule has 0 bridgehead atoms. The molecule has 3 heterocycles. The largest absolute Gasteiger partial charge is 0.369 e. The normalized spacial score (nSPS) is 28.3. The zero-order chi connectivity index (χ0) is 16.2. The van der Waals surface area contributed by atoms with Crippen LogP contribution in [0.4, 0.5) is 10.2 Å². The third kappa shape index (κ3) is 2.10. The fraction of sp³-hybridized carbons (Fsp3) is 0.500. The number of amides is 1. The van der Waals surface area contributed by atoms with Gasteiger partial charge in [0.2, 0.25) is 5.91 Å². The number of nitrogens with one attached hydrogen (secondary N) is 2. The van der Waals surface area contributed by atoms with Gasteiger partial charge in [0.25, 0.3) is 0 Å². The molecule has 1 aliphatic carbocycles. The summed E-state index contributed by atoms with van der Waals surface area (Å²) in [6, 6.07) is -0.374. The zero-order valence-corrected chi connectivity index (χ0v) is 13.0. The third-order valence-electron chi connectivity index (χ3n) is 5.30. The number of anilines is 1. The van der Waals surface area contributed by atoms with Crippen LogP contribution in [0, 0.1) is 5.92 Å². The highest BCUT2D eigenvalue weighted by Gasteiger charge is 2.43. The molecule has 2 aliphatic heterocycles. The zero-order valence-electron chi connectivity index (χ0n) is 13.0. The first-order chi connectivity index (χ1) is 11.0. The number of carbonyl (C=O) groups excluding carboxylic acids is 1. The lowest BCUT2D eigenvalue weighted by Gasteiger charge is -2.33. The topological polar surface area (TPSA) is 85.0 Å². The third-order valence-corrected chi connectivity index (χ3v) is 5.30. The Balaban J connectivity index is 1.76. The highest BCUT2D eigenvalue weighted by Crippen LogP contribution is 2.46. The Bertz CT molecular complexity index is 729. The van der Waals surface area contributed by atoms with Crippen LogP contribution < -0.4 is 16.4 Å². The van der Waals surface area contributed by atoms with Crippen molar-refractivity contribution < 1.29 is 9.18 Å². The molecule has 6 nitrogen and oxygen atoms in total. The molecule has 0 radical (unpaired) electrons. The van der Waals surface area contributed by atoms with Crippen LogP contribution in [0.5, 0.6) is 0 Å². The summed E-state index contributed by atoms with van der Waals surface area (Å²) in [5.41, 5.74) is 7.26. The van der Waals surface area contributed by atoms with E-state index in [9.17, 15) is 9.18 Å². The Morgan fingerprint density at radius 1 is 1.48 bits per heavy atom. The molecule has 23 heavy (non-hydrogen) atoms. The molecule has 2 unspecified atom stereocenters. The van der Waals surface area contributed by atoms with E-state index in [1.807, 2.05) is 6.20 Å². The molecular weight excluding hydrogens is 297 g/mol. The molecule has 1 fully saturated rings. The molecule has 0 saturated carbocycles. The summed E-state index contributed by atoms with van der Waals surface area (Å²) in [5, 5.41) is 11.1. The number of primary amides is 1. The second-order valence-electron chi connectivity index (χ2n) is 6.81. The van der Waals surface area contributed by atoms with E-state index < -0.39 is 17.7 Å². The summed E-state index contributed by atoms with van der Waals surface area (Å²) < 4.78 is 15.6. The van der Waals surface area contributed by atoms with Crippen molar-refractivity contribution in [1.29, 1.82) is 0 Å². The lowest BCUT2D eigenvalue weighted by molar-refractivity contribution is -0.121. The smallest absolute Gasteiger partial charge is 0.227 e. The number of nitrogens with zero attached hydrogens (tertiary/aromatic N) is 2. The van der Waals surface area contributed by atoms with Gasteiger partial charge in [-0.3, -0.25) is 4.79 Å². The van der Waals surface area contributed by atoms with E-state index in [4.69, 9.17) is 5.73 Å². The van der Waals surface area contributed by atoms with Gasteiger partial charge in [-0.2, -0.15) is 5.10 Å². The van der Waals surface area contributed by atoms with E-state index in [1.165, 1.54) is 12.2 Å². The molecule has 3 aliphatic rings. The van der Waals surface area contributed by atoms with Crippen LogP contribution in [0.1, 0.15) is 31.4 Å². The standard InChI is InChI=1S/C16H20FN5O/c1-16(2-4-19-5-3-16)11-8-20-22-13-10(14(18)23)6-9(17)7-12(13)21-15(11)22/h6-8,10,13,19,21H,2-5H2,1H3,(H2,18,23). The Kier molecular flexibility index (Phi) is 3.09. The molecule has 2 atom stereocenters. The van der Waals surface area contributed by atoms with Gasteiger partial charge in [-0.25, -0.2) is 9.07 Å². The van der Waals surface area contributed by atoms with Gasteiger partial charge in [0.15, 0.2) is 0 Å². The van der Waals surface area contributed by atoms with Crippen molar-refractivity contribution in [3.05, 3.63) is 35.4 Å². The quantitative estimate of drug-likeness (QED) is 0.768. The Morgan fingerprint density at radius 3 is 2.91 bits per heavy atom. The molecule has 4 N–H and O–H groups in total. The maximum Gasteiger partial charge on any atom is 0.227 e. The second kappa shape index (κ2) is 4.92. The van der Waals surface area contributed by atoms with Crippen molar-refractivity contribution in [3.63, 3.8) is 0 Å². The van der Waals surface area contributed by atoms with Gasteiger partial charge in [-0.15, -0.1) is 0 Å². The maximum atomic E-state index is 13.8. The van der Waals surface area contributed by atoms with Crippen molar-refractivity contribution in [2.75, 3.05) is 18.4 Å². The lowest BCUT2D eigenvalue weighted by Crippen LogP contribution is -2.37. The van der Waals surface area contributed by atoms with Crippen LogP contribution in [-0.2, 0) is 10.2 Å². The van der Waals surface area contributed by atoms with Gasteiger partial charge in [-0.05, 0) is 38.1 Å². The highest BCUT2D eigenvalue weighted by atomic mass is 19.1. The van der Waals surface area contributed by atoms with Crippen LogP contribution in [0.15, 0.2) is 29.9 Å². The number of hydrogen-bond donors (Lipinski definition) is 3. The fourth-order valence-corrected chi connectivity index (χ4v) is 3.89. The number of hydrogen-bond acceptors (Lipinski definition) is 4. The Morgan fingerprint density at radius 2 is 2.22 bits per heavy atom. The average molecular weight is 317 g/mol. The van der Waals surface area contributed by atoms with Gasteiger partial charge < -0.3 is 16.4 Å². The molecule has 4 rings (SSSR count). The molecule has 1 aromatic rings. The summed E-state index contributed by atoms with van der Waals surface area (Å²) in [6.45, 7) is 4.16. The van der Waals surface area contributed by atoms with Crippen LogP contribution in [0.3, 0.4) is 0 Å². The van der Waals surface area contributed by atoms with Gasteiger partial charge in [-0.1, -0.05) is 6.92 Å². The molecule has 1 aromatic heterocycles. The van der Waals surface area contributed by atoms with Crippen LogP contribution in [0.25, 0.3) is 0 Å². The van der Waals surface area contributed by atoms with E-state index in [2.05, 4.69) is 22.7 Å². The Labute approximate surface area is 133 Å². The van der Waals surface area contributed by atoms with Gasteiger partial charge in [0, 0.05) is 16.7 Å². The van der Waals surface area contributed by atoms with Crippen molar-refractivity contribution in [2.45, 2.75) is 31.2 Å². The first-order valence-corrected chi connectivity index (χ1v) is 7.93. The minimum Gasteiger partial charge on any atom is -0.369 e. The summed E-state index contributed by atoms with van der Waals surface area (Å²) in [5.74, 6) is -0.846. The van der Waals surface area contributed by atoms with Crippen molar-refractivity contribution >= 4 is 11.7 Å². The summed E-state index contributed by atoms with van der Waals surface area (Å²) in [6.07, 6.45) is 6.61. The van der Waals surface area contributed by atoms with E-state index in [0.717, 1.165) is 37.3 Å². The highest BCUT2D eigenvalue weighted by molar-refractivity contribution is 5.81. The molecule has 0 aromatic carbocycles. The van der Waals surface area contributed by atoms with Crippen molar-refractivity contribution in [2.24, 2.45) is 11.7 Å². The Hall–Kier alpha value is -2.15. The molecule has 0 spiro atoms. The van der Waals surface area contributed by atoms with E-state index >= 15 is 0 Å². The number of piperidine rings is 1. The number of carbonyl (C=O) groups is 1. The van der Waals surface area contributed by atoms with E-state index in [-0.39, 0.29) is 11.5 Å². The monoisotopic (exact) mass is 317 g/mol. The SMILES string of the molecule is CC1(c2cnn3c2NC2=CC(F)=CC(C(N)=O)C23)CCNCC1. The first-order valence-electron chi connectivity index (χ1n) is 7.93. The number of fused-ring (bicyclic) bond motifs is 3. The maximum absolute atomic E-state index is 13.8. The van der Waals surface area contributed by atoms with Crippen LogP contribution in [-0.4, -0.2) is 28.8 Å². The molecule has 7 heteroatoms. The number of rotatable bonds is 2. The predicted molar refractivity (Wildman–Crippen MR) is 84.3 cm³/mol. The average Bonchev–Trinajstić information content (AvgIpc) is 3.05. The molecule has 1 saturated heterocycles. The number of nitrogens with two attached hydrogens (primary N) is 1. The minimum absolute atomic E-state index is 0.0219. The van der Waals surface area contributed by atoms with E-state index in [1.54, 1.807) is 4.68 Å². The number of aromatic nitrogens is 2.